The third-order valence-electron chi connectivity index (χ3n) is 5.65. The fourth-order valence-electron chi connectivity index (χ4n) is 4.26. The average molecular weight is 397 g/mol. The maximum absolute atomic E-state index is 12.6. The summed E-state index contributed by atoms with van der Waals surface area (Å²) in [5, 5.41) is 16.5. The summed E-state index contributed by atoms with van der Waals surface area (Å²) in [6.07, 6.45) is 8.08. The molecule has 152 valence electrons. The van der Waals surface area contributed by atoms with Crippen molar-refractivity contribution < 1.29 is 9.90 Å². The SMILES string of the molecule is CC(=O)N1N=C(c2c(O)n(C3CCCCC3)c(=O)[nH]c2=O)C[C@H]1c1cccnc1. The fourth-order valence-corrected chi connectivity index (χ4v) is 4.26. The topological polar surface area (TPSA) is 121 Å². The van der Waals surface area contributed by atoms with Gasteiger partial charge < -0.3 is 5.11 Å². The van der Waals surface area contributed by atoms with Gasteiger partial charge >= 0.3 is 5.69 Å². The van der Waals surface area contributed by atoms with Crippen molar-refractivity contribution in [2.75, 3.05) is 0 Å². The number of rotatable bonds is 3. The number of aromatic nitrogens is 3. The quantitative estimate of drug-likeness (QED) is 0.819. The van der Waals surface area contributed by atoms with E-state index < -0.39 is 17.3 Å². The maximum Gasteiger partial charge on any atom is 0.331 e. The predicted molar refractivity (Wildman–Crippen MR) is 106 cm³/mol. The molecule has 2 N–H and O–H groups in total. The van der Waals surface area contributed by atoms with Gasteiger partial charge in [0, 0.05) is 31.8 Å². The molecule has 0 unspecified atom stereocenters. The zero-order valence-electron chi connectivity index (χ0n) is 16.2. The molecule has 0 aromatic carbocycles. The molecule has 0 radical (unpaired) electrons. The number of hydrazone groups is 1. The third-order valence-corrected chi connectivity index (χ3v) is 5.65. The summed E-state index contributed by atoms with van der Waals surface area (Å²) in [6, 6.07) is 3.01. The summed E-state index contributed by atoms with van der Waals surface area (Å²) >= 11 is 0. The number of hydrogen-bond acceptors (Lipinski definition) is 6. The Balaban J connectivity index is 1.78. The van der Waals surface area contributed by atoms with Gasteiger partial charge in [-0.05, 0) is 24.5 Å². The molecule has 2 aliphatic rings. The second-order valence-corrected chi connectivity index (χ2v) is 7.54. The van der Waals surface area contributed by atoms with Crippen LogP contribution in [-0.4, -0.2) is 36.3 Å². The zero-order chi connectivity index (χ0) is 20.5. The summed E-state index contributed by atoms with van der Waals surface area (Å²) in [4.78, 5) is 43.5. The highest BCUT2D eigenvalue weighted by molar-refractivity contribution is 6.04. The Morgan fingerprint density at radius 2 is 2.00 bits per heavy atom. The van der Waals surface area contributed by atoms with Crippen LogP contribution in [0.25, 0.3) is 0 Å². The molecule has 0 spiro atoms. The zero-order valence-corrected chi connectivity index (χ0v) is 16.2. The Kier molecular flexibility index (Phi) is 5.04. The van der Waals surface area contributed by atoms with Crippen LogP contribution in [0.5, 0.6) is 5.88 Å². The summed E-state index contributed by atoms with van der Waals surface area (Å²) in [7, 11) is 0. The number of nitrogens with zero attached hydrogens (tertiary/aromatic N) is 4. The van der Waals surface area contributed by atoms with Crippen LogP contribution in [-0.2, 0) is 4.79 Å². The van der Waals surface area contributed by atoms with Gasteiger partial charge in [-0.3, -0.25) is 24.1 Å². The molecule has 3 heterocycles. The van der Waals surface area contributed by atoms with Gasteiger partial charge in [0.05, 0.1) is 11.8 Å². The Bertz CT molecular complexity index is 1070. The average Bonchev–Trinajstić information content (AvgIpc) is 3.14. The number of pyridine rings is 1. The van der Waals surface area contributed by atoms with Crippen LogP contribution in [0.3, 0.4) is 0 Å². The van der Waals surface area contributed by atoms with Crippen molar-refractivity contribution in [1.82, 2.24) is 19.5 Å². The van der Waals surface area contributed by atoms with Crippen molar-refractivity contribution in [3.8, 4) is 5.88 Å². The van der Waals surface area contributed by atoms with Crippen molar-refractivity contribution in [2.24, 2.45) is 5.10 Å². The second kappa shape index (κ2) is 7.65. The van der Waals surface area contributed by atoms with Crippen molar-refractivity contribution in [3.05, 3.63) is 56.5 Å². The van der Waals surface area contributed by atoms with Crippen molar-refractivity contribution in [2.45, 2.75) is 57.5 Å². The molecular weight excluding hydrogens is 374 g/mol. The molecule has 29 heavy (non-hydrogen) atoms. The van der Waals surface area contributed by atoms with Crippen LogP contribution < -0.4 is 11.2 Å². The first-order valence-electron chi connectivity index (χ1n) is 9.82. The highest BCUT2D eigenvalue weighted by atomic mass is 16.3. The number of nitrogens with one attached hydrogen (secondary N) is 1. The van der Waals surface area contributed by atoms with E-state index in [0.717, 1.165) is 37.7 Å². The Hall–Kier alpha value is -3.23. The van der Waals surface area contributed by atoms with Crippen LogP contribution in [0.15, 0.2) is 39.2 Å². The molecule has 0 bridgehead atoms. The van der Waals surface area contributed by atoms with Crippen LogP contribution >= 0.6 is 0 Å². The highest BCUT2D eigenvalue weighted by Crippen LogP contribution is 2.35. The first kappa shape index (κ1) is 19.1. The standard InChI is InChI=1S/C20H23N5O4/c1-12(26)25-16(13-6-5-9-21-11-13)10-15(23-25)17-18(27)22-20(29)24(19(17)28)14-7-3-2-4-8-14/h5-6,9,11,14,16,28H,2-4,7-8,10H2,1H3,(H,22,27,29)/t16-/m0/s1. The number of carbonyl (C=O) groups is 1. The third kappa shape index (κ3) is 3.48. The summed E-state index contributed by atoms with van der Waals surface area (Å²) < 4.78 is 1.27. The van der Waals surface area contributed by atoms with Gasteiger partial charge in [0.2, 0.25) is 11.8 Å². The van der Waals surface area contributed by atoms with Gasteiger partial charge in [0.1, 0.15) is 5.56 Å². The van der Waals surface area contributed by atoms with Gasteiger partial charge in [-0.25, -0.2) is 9.80 Å². The summed E-state index contributed by atoms with van der Waals surface area (Å²) in [5.74, 6) is -0.662. The van der Waals surface area contributed by atoms with Gasteiger partial charge in [0.25, 0.3) is 5.56 Å². The fraction of sp³-hybridized carbons (Fsp3) is 0.450. The molecule has 9 nitrogen and oxygen atoms in total. The lowest BCUT2D eigenvalue weighted by Gasteiger charge is -2.25. The summed E-state index contributed by atoms with van der Waals surface area (Å²) in [5.41, 5.74) is -0.314. The molecule has 4 rings (SSSR count). The number of aromatic amines is 1. The molecule has 2 aromatic rings. The number of carbonyl (C=O) groups excluding carboxylic acids is 1. The number of aromatic hydroxyl groups is 1. The molecule has 1 aliphatic carbocycles. The lowest BCUT2D eigenvalue weighted by atomic mass is 9.95. The maximum atomic E-state index is 12.6. The lowest BCUT2D eigenvalue weighted by molar-refractivity contribution is -0.130. The Morgan fingerprint density at radius 1 is 1.24 bits per heavy atom. The van der Waals surface area contributed by atoms with E-state index in [0.29, 0.717) is 0 Å². The van der Waals surface area contributed by atoms with E-state index in [2.05, 4.69) is 15.1 Å². The molecule has 0 saturated heterocycles. The molecule has 1 atom stereocenters. The Morgan fingerprint density at radius 3 is 2.66 bits per heavy atom. The molecule has 2 aromatic heterocycles. The lowest BCUT2D eigenvalue weighted by Crippen LogP contribution is -2.36. The minimum atomic E-state index is -0.700. The largest absolute Gasteiger partial charge is 0.494 e. The number of amides is 1. The van der Waals surface area contributed by atoms with E-state index in [-0.39, 0.29) is 35.5 Å². The molecule has 1 saturated carbocycles. The van der Waals surface area contributed by atoms with Crippen molar-refractivity contribution >= 4 is 11.6 Å². The van der Waals surface area contributed by atoms with E-state index >= 15 is 0 Å². The monoisotopic (exact) mass is 397 g/mol. The first-order valence-corrected chi connectivity index (χ1v) is 9.82. The highest BCUT2D eigenvalue weighted by Gasteiger charge is 2.35. The molecule has 1 aliphatic heterocycles. The number of H-pyrrole nitrogens is 1. The van der Waals surface area contributed by atoms with Crippen molar-refractivity contribution in [1.29, 1.82) is 0 Å². The minimum Gasteiger partial charge on any atom is -0.494 e. The van der Waals surface area contributed by atoms with Gasteiger partial charge in [-0.2, -0.15) is 5.10 Å². The molecule has 1 amide bonds. The smallest absolute Gasteiger partial charge is 0.331 e. The van der Waals surface area contributed by atoms with Crippen LogP contribution in [0, 0.1) is 0 Å². The van der Waals surface area contributed by atoms with Gasteiger partial charge in [-0.1, -0.05) is 25.3 Å². The van der Waals surface area contributed by atoms with Crippen LogP contribution in [0.2, 0.25) is 0 Å². The van der Waals surface area contributed by atoms with E-state index in [1.54, 1.807) is 18.5 Å². The molecular formula is C20H23N5O4. The van der Waals surface area contributed by atoms with Crippen molar-refractivity contribution in [3.63, 3.8) is 0 Å². The Labute approximate surface area is 166 Å². The van der Waals surface area contributed by atoms with Crippen LogP contribution in [0.1, 0.15) is 68.7 Å². The van der Waals surface area contributed by atoms with Gasteiger partial charge in [0.15, 0.2) is 0 Å². The van der Waals surface area contributed by atoms with E-state index in [1.807, 2.05) is 6.07 Å². The molecule has 9 heteroatoms. The number of hydrogen-bond donors (Lipinski definition) is 2. The first-order chi connectivity index (χ1) is 14.0. The van der Waals surface area contributed by atoms with Crippen LogP contribution in [0.4, 0.5) is 0 Å². The van der Waals surface area contributed by atoms with E-state index in [9.17, 15) is 19.5 Å². The van der Waals surface area contributed by atoms with Gasteiger partial charge in [-0.15, -0.1) is 0 Å². The molecule has 1 fully saturated rings. The summed E-state index contributed by atoms with van der Waals surface area (Å²) in [6.45, 7) is 1.39. The second-order valence-electron chi connectivity index (χ2n) is 7.54. The normalized spacial score (nSPS) is 20.0. The van der Waals surface area contributed by atoms with E-state index in [1.165, 1.54) is 16.5 Å². The predicted octanol–water partition coefficient (Wildman–Crippen LogP) is 1.84. The minimum absolute atomic E-state index is 0.0483. The van der Waals surface area contributed by atoms with E-state index in [4.69, 9.17) is 0 Å².